The number of carbonyl (C=O) groups is 2. The SMILES string of the molecule is CC[C@H](C)NC(=O)[C@H](CC)N(Cc1ccc(Cl)c(Cl)c1)C(=O)COc1ccc(C)cc1. The molecule has 2 rings (SSSR count). The Hall–Kier alpha value is -2.24. The number of carbonyl (C=O) groups excluding carboxylic acids is 2. The summed E-state index contributed by atoms with van der Waals surface area (Å²) in [5.41, 5.74) is 1.89. The molecule has 1 N–H and O–H groups in total. The van der Waals surface area contributed by atoms with Crippen molar-refractivity contribution in [2.45, 2.75) is 59.2 Å². The second-order valence-corrected chi connectivity index (χ2v) is 8.43. The standard InChI is InChI=1S/C24H30Cl2N2O3/c1-5-17(4)27-24(30)22(6-2)28(14-18-9-12-20(25)21(26)13-18)23(29)15-31-19-10-7-16(3)8-11-19/h7-13,17,22H,5-6,14-15H2,1-4H3,(H,27,30)/t17-,22-/m0/s1. The van der Waals surface area contributed by atoms with Gasteiger partial charge in [0.25, 0.3) is 5.91 Å². The second kappa shape index (κ2) is 12.0. The van der Waals surface area contributed by atoms with Crippen LogP contribution in [0.25, 0.3) is 0 Å². The molecule has 168 valence electrons. The summed E-state index contributed by atoms with van der Waals surface area (Å²) in [5, 5.41) is 3.82. The number of ether oxygens (including phenoxy) is 1. The number of halogens is 2. The van der Waals surface area contributed by atoms with Crippen LogP contribution in [0, 0.1) is 6.92 Å². The van der Waals surface area contributed by atoms with E-state index < -0.39 is 6.04 Å². The van der Waals surface area contributed by atoms with Gasteiger partial charge in [-0.25, -0.2) is 0 Å². The lowest BCUT2D eigenvalue weighted by atomic mass is 10.1. The van der Waals surface area contributed by atoms with E-state index in [0.717, 1.165) is 17.5 Å². The average Bonchev–Trinajstić information content (AvgIpc) is 2.75. The number of rotatable bonds is 10. The molecule has 0 aliphatic rings. The first kappa shape index (κ1) is 25.0. The monoisotopic (exact) mass is 464 g/mol. The normalized spacial score (nSPS) is 12.7. The first-order valence-electron chi connectivity index (χ1n) is 10.5. The van der Waals surface area contributed by atoms with Gasteiger partial charge in [0.2, 0.25) is 5.91 Å². The Bertz CT molecular complexity index is 887. The molecular formula is C24H30Cl2N2O3. The Balaban J connectivity index is 2.23. The lowest BCUT2D eigenvalue weighted by molar-refractivity contribution is -0.143. The predicted molar refractivity (Wildman–Crippen MR) is 126 cm³/mol. The summed E-state index contributed by atoms with van der Waals surface area (Å²) >= 11 is 12.2. The van der Waals surface area contributed by atoms with Gasteiger partial charge in [-0.3, -0.25) is 9.59 Å². The maximum absolute atomic E-state index is 13.2. The number of hydrogen-bond donors (Lipinski definition) is 1. The molecule has 5 nitrogen and oxygen atoms in total. The van der Waals surface area contributed by atoms with Crippen molar-refractivity contribution < 1.29 is 14.3 Å². The smallest absolute Gasteiger partial charge is 0.261 e. The maximum atomic E-state index is 13.2. The topological polar surface area (TPSA) is 58.6 Å². The summed E-state index contributed by atoms with van der Waals surface area (Å²) in [7, 11) is 0. The number of benzene rings is 2. The van der Waals surface area contributed by atoms with Gasteiger partial charge in [-0.2, -0.15) is 0 Å². The van der Waals surface area contributed by atoms with E-state index in [0.29, 0.717) is 22.2 Å². The van der Waals surface area contributed by atoms with Gasteiger partial charge in [0.15, 0.2) is 6.61 Å². The summed E-state index contributed by atoms with van der Waals surface area (Å²) < 4.78 is 5.69. The van der Waals surface area contributed by atoms with Gasteiger partial charge in [-0.15, -0.1) is 0 Å². The fourth-order valence-corrected chi connectivity index (χ4v) is 3.38. The van der Waals surface area contributed by atoms with Crippen LogP contribution in [0.4, 0.5) is 0 Å². The zero-order chi connectivity index (χ0) is 23.0. The van der Waals surface area contributed by atoms with Crippen LogP contribution in [0.15, 0.2) is 42.5 Å². The van der Waals surface area contributed by atoms with Crippen molar-refractivity contribution in [2.75, 3.05) is 6.61 Å². The first-order valence-corrected chi connectivity index (χ1v) is 11.2. The Labute approximate surface area is 194 Å². The van der Waals surface area contributed by atoms with Crippen molar-refractivity contribution >= 4 is 35.0 Å². The van der Waals surface area contributed by atoms with E-state index in [1.807, 2.05) is 52.0 Å². The molecular weight excluding hydrogens is 435 g/mol. The highest BCUT2D eigenvalue weighted by Gasteiger charge is 2.29. The van der Waals surface area contributed by atoms with Gasteiger partial charge in [0.1, 0.15) is 11.8 Å². The van der Waals surface area contributed by atoms with Crippen LogP contribution >= 0.6 is 23.2 Å². The Kier molecular flexibility index (Phi) is 9.66. The van der Waals surface area contributed by atoms with E-state index in [1.54, 1.807) is 23.1 Å². The van der Waals surface area contributed by atoms with Crippen LogP contribution in [-0.4, -0.2) is 35.4 Å². The largest absolute Gasteiger partial charge is 0.484 e. The van der Waals surface area contributed by atoms with Crippen molar-refractivity contribution in [1.29, 1.82) is 0 Å². The highest BCUT2D eigenvalue weighted by Crippen LogP contribution is 2.24. The van der Waals surface area contributed by atoms with E-state index in [9.17, 15) is 9.59 Å². The third kappa shape index (κ3) is 7.44. The minimum absolute atomic E-state index is 0.0206. The third-order valence-corrected chi connectivity index (χ3v) is 5.85. The number of nitrogens with one attached hydrogen (secondary N) is 1. The van der Waals surface area contributed by atoms with Crippen LogP contribution < -0.4 is 10.1 Å². The van der Waals surface area contributed by atoms with E-state index in [1.165, 1.54) is 0 Å². The molecule has 0 bridgehead atoms. The molecule has 7 heteroatoms. The molecule has 2 aromatic carbocycles. The molecule has 2 amide bonds. The highest BCUT2D eigenvalue weighted by molar-refractivity contribution is 6.42. The molecule has 0 saturated carbocycles. The van der Waals surface area contributed by atoms with Gasteiger partial charge in [-0.05, 0) is 56.5 Å². The van der Waals surface area contributed by atoms with Crippen molar-refractivity contribution in [3.05, 3.63) is 63.6 Å². The summed E-state index contributed by atoms with van der Waals surface area (Å²) in [6.07, 6.45) is 1.28. The van der Waals surface area contributed by atoms with Crippen molar-refractivity contribution in [1.82, 2.24) is 10.2 Å². The van der Waals surface area contributed by atoms with Crippen molar-refractivity contribution in [3.63, 3.8) is 0 Å². The minimum atomic E-state index is -0.627. The average molecular weight is 465 g/mol. The molecule has 2 atom stereocenters. The van der Waals surface area contributed by atoms with Crippen LogP contribution in [-0.2, 0) is 16.1 Å². The molecule has 0 saturated heterocycles. The predicted octanol–water partition coefficient (Wildman–Crippen LogP) is 5.40. The van der Waals surface area contributed by atoms with Gasteiger partial charge in [0.05, 0.1) is 10.0 Å². The van der Waals surface area contributed by atoms with Gasteiger partial charge in [0, 0.05) is 12.6 Å². The molecule has 31 heavy (non-hydrogen) atoms. The van der Waals surface area contributed by atoms with E-state index in [2.05, 4.69) is 5.32 Å². The van der Waals surface area contributed by atoms with Crippen LogP contribution in [0.3, 0.4) is 0 Å². The molecule has 0 aromatic heterocycles. The Morgan fingerprint density at radius 2 is 1.71 bits per heavy atom. The quantitative estimate of drug-likeness (QED) is 0.511. The summed E-state index contributed by atoms with van der Waals surface area (Å²) in [5.74, 6) is 0.143. The summed E-state index contributed by atoms with van der Waals surface area (Å²) in [6, 6.07) is 12.1. The third-order valence-electron chi connectivity index (χ3n) is 5.11. The molecule has 0 radical (unpaired) electrons. The maximum Gasteiger partial charge on any atom is 0.261 e. The first-order chi connectivity index (χ1) is 14.7. The Morgan fingerprint density at radius 1 is 1.03 bits per heavy atom. The zero-order valence-corrected chi connectivity index (χ0v) is 20.0. The Morgan fingerprint density at radius 3 is 2.29 bits per heavy atom. The molecule has 0 aliphatic carbocycles. The fourth-order valence-electron chi connectivity index (χ4n) is 3.06. The molecule has 0 fully saturated rings. The molecule has 0 unspecified atom stereocenters. The minimum Gasteiger partial charge on any atom is -0.484 e. The zero-order valence-electron chi connectivity index (χ0n) is 18.5. The number of nitrogens with zero attached hydrogens (tertiary/aromatic N) is 1. The van der Waals surface area contributed by atoms with Crippen molar-refractivity contribution in [3.8, 4) is 5.75 Å². The summed E-state index contributed by atoms with van der Waals surface area (Å²) in [6.45, 7) is 7.86. The molecule has 0 spiro atoms. The van der Waals surface area contributed by atoms with Crippen molar-refractivity contribution in [2.24, 2.45) is 0 Å². The summed E-state index contributed by atoms with van der Waals surface area (Å²) in [4.78, 5) is 27.6. The lowest BCUT2D eigenvalue weighted by Gasteiger charge is -2.31. The van der Waals surface area contributed by atoms with E-state index in [4.69, 9.17) is 27.9 Å². The highest BCUT2D eigenvalue weighted by atomic mass is 35.5. The van der Waals surface area contributed by atoms with Gasteiger partial charge >= 0.3 is 0 Å². The second-order valence-electron chi connectivity index (χ2n) is 7.61. The lowest BCUT2D eigenvalue weighted by Crippen LogP contribution is -2.51. The van der Waals surface area contributed by atoms with E-state index in [-0.39, 0.29) is 31.0 Å². The molecule has 2 aromatic rings. The number of hydrogen-bond acceptors (Lipinski definition) is 3. The van der Waals surface area contributed by atoms with Gasteiger partial charge in [-0.1, -0.05) is 60.8 Å². The number of amides is 2. The molecule has 0 aliphatic heterocycles. The van der Waals surface area contributed by atoms with Crippen LogP contribution in [0.5, 0.6) is 5.75 Å². The number of aryl methyl sites for hydroxylation is 1. The van der Waals surface area contributed by atoms with Crippen LogP contribution in [0.1, 0.15) is 44.7 Å². The van der Waals surface area contributed by atoms with E-state index >= 15 is 0 Å². The van der Waals surface area contributed by atoms with Gasteiger partial charge < -0.3 is 15.0 Å². The van der Waals surface area contributed by atoms with Crippen LogP contribution in [0.2, 0.25) is 10.0 Å². The molecule has 0 heterocycles. The fraction of sp³-hybridized carbons (Fsp3) is 0.417.